The number of amides is 1. The third kappa shape index (κ3) is 7.36. The average Bonchev–Trinajstić information content (AvgIpc) is 3.37. The summed E-state index contributed by atoms with van der Waals surface area (Å²) in [6, 6.07) is 13.1. The molecule has 0 saturated heterocycles. The zero-order valence-corrected chi connectivity index (χ0v) is 25.7. The number of benzene rings is 1. The van der Waals surface area contributed by atoms with E-state index in [9.17, 15) is 18.5 Å². The molecule has 2 heterocycles. The number of ether oxygens (including phenoxy) is 1. The maximum atomic E-state index is 12.9. The molecule has 224 valence electrons. The van der Waals surface area contributed by atoms with Gasteiger partial charge in [0.15, 0.2) is 5.82 Å². The monoisotopic (exact) mass is 595 g/mol. The minimum absolute atomic E-state index is 0.0276. The Morgan fingerprint density at radius 2 is 1.88 bits per heavy atom. The molecule has 2 N–H and O–H groups in total. The quantitative estimate of drug-likeness (QED) is 0.342. The topological polar surface area (TPSA) is 163 Å². The van der Waals surface area contributed by atoms with Crippen LogP contribution in [0.1, 0.15) is 58.1 Å². The Hall–Kier alpha value is -4.18. The molecule has 13 heteroatoms. The van der Waals surface area contributed by atoms with Gasteiger partial charge in [-0.3, -0.25) is 4.31 Å². The fourth-order valence-corrected chi connectivity index (χ4v) is 4.91. The normalized spacial score (nSPS) is 18.0. The van der Waals surface area contributed by atoms with Gasteiger partial charge in [-0.1, -0.05) is 37.3 Å². The molecule has 0 bridgehead atoms. The van der Waals surface area contributed by atoms with Crippen molar-refractivity contribution in [2.24, 2.45) is 11.8 Å². The fraction of sp³-hybridized carbons (Fsp3) is 0.483. The van der Waals surface area contributed by atoms with Gasteiger partial charge >= 0.3 is 6.09 Å². The van der Waals surface area contributed by atoms with Gasteiger partial charge in [-0.15, -0.1) is 10.2 Å². The van der Waals surface area contributed by atoms with Gasteiger partial charge in [0.2, 0.25) is 21.8 Å². The summed E-state index contributed by atoms with van der Waals surface area (Å²) < 4.78 is 37.5. The van der Waals surface area contributed by atoms with Gasteiger partial charge in [0.25, 0.3) is 0 Å². The van der Waals surface area contributed by atoms with Crippen molar-refractivity contribution in [1.29, 1.82) is 5.26 Å². The summed E-state index contributed by atoms with van der Waals surface area (Å²) in [5, 5.41) is 24.7. The van der Waals surface area contributed by atoms with Crippen molar-refractivity contribution in [1.82, 2.24) is 20.5 Å². The lowest BCUT2D eigenvalue weighted by molar-refractivity contribution is 0.0443. The highest BCUT2D eigenvalue weighted by Crippen LogP contribution is 2.38. The van der Waals surface area contributed by atoms with Gasteiger partial charge in [-0.2, -0.15) is 5.26 Å². The van der Waals surface area contributed by atoms with Crippen LogP contribution in [0, 0.1) is 23.2 Å². The van der Waals surface area contributed by atoms with E-state index in [1.807, 2.05) is 30.3 Å². The molecule has 1 aliphatic carbocycles. The summed E-state index contributed by atoms with van der Waals surface area (Å²) in [5.74, 6) is 1.42. The van der Waals surface area contributed by atoms with Crippen LogP contribution >= 0.6 is 0 Å². The van der Waals surface area contributed by atoms with Crippen molar-refractivity contribution in [3.63, 3.8) is 0 Å². The first-order valence-corrected chi connectivity index (χ1v) is 15.5. The number of hydrogen-bond donors (Lipinski definition) is 2. The number of carbonyl (C=O) groups is 1. The third-order valence-electron chi connectivity index (χ3n) is 7.03. The van der Waals surface area contributed by atoms with E-state index in [0.29, 0.717) is 30.6 Å². The second-order valence-corrected chi connectivity index (χ2v) is 14.0. The molecule has 12 nitrogen and oxygen atoms in total. The molecule has 0 unspecified atom stereocenters. The Labute approximate surface area is 246 Å². The third-order valence-corrected chi connectivity index (χ3v) is 8.20. The molecule has 0 spiro atoms. The number of nitrogens with one attached hydrogen (secondary N) is 2. The van der Waals surface area contributed by atoms with Gasteiger partial charge < -0.3 is 19.8 Å². The van der Waals surface area contributed by atoms with E-state index in [4.69, 9.17) is 9.15 Å². The molecule has 0 aliphatic heterocycles. The first-order valence-electron chi connectivity index (χ1n) is 13.6. The van der Waals surface area contributed by atoms with E-state index < -0.39 is 27.3 Å². The summed E-state index contributed by atoms with van der Waals surface area (Å²) in [5.41, 5.74) is -0.865. The van der Waals surface area contributed by atoms with Crippen molar-refractivity contribution in [2.45, 2.75) is 58.6 Å². The van der Waals surface area contributed by atoms with Gasteiger partial charge in [0.1, 0.15) is 28.6 Å². The number of hydrogen-bond acceptors (Lipinski definition) is 10. The van der Waals surface area contributed by atoms with E-state index in [-0.39, 0.29) is 28.7 Å². The van der Waals surface area contributed by atoms with Gasteiger partial charge in [-0.25, -0.2) is 18.2 Å². The van der Waals surface area contributed by atoms with Gasteiger partial charge in [0, 0.05) is 20.0 Å². The van der Waals surface area contributed by atoms with E-state index in [1.54, 1.807) is 33.8 Å². The SMILES string of the molecule is C[C@@H]1C[C@H]1CNc1cc(-c2nnc([C@@](C)(Cc3ccccc3)NC(=O)OC(C)(C)C)o2)c(C#N)c(N(C)S(C)(=O)=O)n1. The number of nitriles is 1. The van der Waals surface area contributed by atoms with Crippen LogP contribution < -0.4 is 14.9 Å². The molecule has 3 atom stereocenters. The Morgan fingerprint density at radius 1 is 1.21 bits per heavy atom. The number of rotatable bonds is 10. The number of aromatic nitrogens is 3. The smallest absolute Gasteiger partial charge is 0.408 e. The summed E-state index contributed by atoms with van der Waals surface area (Å²) in [4.78, 5) is 17.3. The Bertz CT molecular complexity index is 1590. The first-order chi connectivity index (χ1) is 19.6. The second kappa shape index (κ2) is 11.6. The van der Waals surface area contributed by atoms with E-state index >= 15 is 0 Å². The Kier molecular flexibility index (Phi) is 8.50. The lowest BCUT2D eigenvalue weighted by atomic mass is 9.92. The van der Waals surface area contributed by atoms with Crippen LogP contribution in [0.5, 0.6) is 0 Å². The van der Waals surface area contributed by atoms with Crippen molar-refractivity contribution in [2.75, 3.05) is 29.5 Å². The highest BCUT2D eigenvalue weighted by Gasteiger charge is 2.37. The molecule has 1 saturated carbocycles. The summed E-state index contributed by atoms with van der Waals surface area (Å²) in [6.45, 7) is 9.83. The van der Waals surface area contributed by atoms with Crippen molar-refractivity contribution < 1.29 is 22.4 Å². The molecule has 1 aromatic carbocycles. The number of alkyl carbamates (subject to hydrolysis) is 1. The number of anilines is 2. The Morgan fingerprint density at radius 3 is 2.45 bits per heavy atom. The lowest BCUT2D eigenvalue weighted by Gasteiger charge is -2.29. The van der Waals surface area contributed by atoms with E-state index in [1.165, 1.54) is 7.05 Å². The molecule has 2 aromatic heterocycles. The lowest BCUT2D eigenvalue weighted by Crippen LogP contribution is -2.47. The molecule has 42 heavy (non-hydrogen) atoms. The summed E-state index contributed by atoms with van der Waals surface area (Å²) >= 11 is 0. The number of pyridine rings is 1. The number of sulfonamides is 1. The highest BCUT2D eigenvalue weighted by atomic mass is 32.2. The van der Waals surface area contributed by atoms with Crippen LogP contribution in [0.4, 0.5) is 16.4 Å². The fourth-order valence-electron chi connectivity index (χ4n) is 4.47. The van der Waals surface area contributed by atoms with Crippen molar-refractivity contribution >= 4 is 27.8 Å². The van der Waals surface area contributed by atoms with Crippen LogP contribution in [0.2, 0.25) is 0 Å². The maximum Gasteiger partial charge on any atom is 0.408 e. The second-order valence-electron chi connectivity index (χ2n) is 12.0. The maximum absolute atomic E-state index is 12.9. The minimum Gasteiger partial charge on any atom is -0.444 e. The van der Waals surface area contributed by atoms with Crippen LogP contribution in [0.25, 0.3) is 11.5 Å². The van der Waals surface area contributed by atoms with Crippen molar-refractivity contribution in [3.05, 3.63) is 53.4 Å². The predicted octanol–water partition coefficient (Wildman–Crippen LogP) is 4.45. The largest absolute Gasteiger partial charge is 0.444 e. The zero-order chi connectivity index (χ0) is 30.9. The highest BCUT2D eigenvalue weighted by molar-refractivity contribution is 7.92. The molecular formula is C29H37N7O5S. The number of nitrogens with zero attached hydrogens (tertiary/aromatic N) is 5. The minimum atomic E-state index is -3.75. The predicted molar refractivity (Wildman–Crippen MR) is 158 cm³/mol. The molecule has 1 fully saturated rings. The van der Waals surface area contributed by atoms with Crippen molar-refractivity contribution in [3.8, 4) is 17.5 Å². The van der Waals surface area contributed by atoms with Crippen LogP contribution in [0.3, 0.4) is 0 Å². The molecular weight excluding hydrogens is 558 g/mol. The molecule has 4 rings (SSSR count). The van der Waals surface area contributed by atoms with Crippen LogP contribution in [-0.2, 0) is 26.7 Å². The molecule has 1 aliphatic rings. The van der Waals surface area contributed by atoms with Gasteiger partial charge in [-0.05, 0) is 57.6 Å². The standard InChI is InChI=1S/C29H37N7O5S/c1-18-13-20(18)17-31-23-14-21(22(16-30)24(32-23)36(6)42(7,38)39)25-34-35-26(40-25)29(5,15-19-11-9-8-10-12-19)33-27(37)41-28(2,3)4/h8-12,14,18,20H,13,15,17H2,1-7H3,(H,31,32)(H,33,37)/t18-,20+,29-/m1/s1. The molecule has 3 aromatic rings. The number of carbonyl (C=O) groups excluding carboxylic acids is 1. The zero-order valence-electron chi connectivity index (χ0n) is 24.9. The summed E-state index contributed by atoms with van der Waals surface area (Å²) in [7, 11) is -2.42. The van der Waals surface area contributed by atoms with Gasteiger partial charge in [0.05, 0.1) is 11.8 Å². The van der Waals surface area contributed by atoms with Crippen LogP contribution in [0.15, 0.2) is 40.8 Å². The first kappa shape index (κ1) is 30.8. The average molecular weight is 596 g/mol. The van der Waals surface area contributed by atoms with E-state index in [0.717, 1.165) is 22.5 Å². The van der Waals surface area contributed by atoms with Crippen LogP contribution in [-0.4, -0.2) is 55.1 Å². The van der Waals surface area contributed by atoms with E-state index in [2.05, 4.69) is 38.8 Å². The summed E-state index contributed by atoms with van der Waals surface area (Å²) in [6.07, 6.45) is 1.75. The molecule has 1 amide bonds. The Balaban J connectivity index is 1.78. The molecule has 0 radical (unpaired) electrons.